The summed E-state index contributed by atoms with van der Waals surface area (Å²) in [5.74, 6) is 1.92. The Labute approximate surface area is 155 Å². The van der Waals surface area contributed by atoms with Gasteiger partial charge in [0.25, 0.3) is 0 Å². The maximum atomic E-state index is 13.6. The molecule has 0 bridgehead atoms. The van der Waals surface area contributed by atoms with E-state index in [-0.39, 0.29) is 12.6 Å². The largest absolute Gasteiger partial charge is 0.454 e. The van der Waals surface area contributed by atoms with E-state index < -0.39 is 0 Å². The molecule has 0 radical (unpaired) electrons. The summed E-state index contributed by atoms with van der Waals surface area (Å²) in [4.78, 5) is 4.49. The third-order valence-corrected chi connectivity index (χ3v) is 4.69. The van der Waals surface area contributed by atoms with Crippen LogP contribution in [0.4, 0.5) is 15.9 Å². The first-order valence-electron chi connectivity index (χ1n) is 8.55. The van der Waals surface area contributed by atoms with Gasteiger partial charge in [0.2, 0.25) is 6.79 Å². The number of fused-ring (bicyclic) bond motifs is 2. The van der Waals surface area contributed by atoms with E-state index >= 15 is 0 Å². The fraction of sp³-hybridized carbons (Fsp3) is 0.0952. The van der Waals surface area contributed by atoms with Crippen molar-refractivity contribution in [3.63, 3.8) is 0 Å². The number of halogens is 1. The van der Waals surface area contributed by atoms with E-state index in [9.17, 15) is 4.39 Å². The molecule has 0 saturated heterocycles. The first kappa shape index (κ1) is 15.7. The number of ether oxygens (including phenoxy) is 2. The summed E-state index contributed by atoms with van der Waals surface area (Å²) in [6.45, 7) is 0.245. The van der Waals surface area contributed by atoms with Crippen molar-refractivity contribution in [3.8, 4) is 22.8 Å². The number of hydrogen-bond donors (Lipinski definition) is 1. The van der Waals surface area contributed by atoms with Crippen LogP contribution in [0, 0.1) is 5.82 Å². The van der Waals surface area contributed by atoms with Crippen LogP contribution in [-0.2, 0) is 7.05 Å². The molecule has 2 aromatic heterocycles. The third kappa shape index (κ3) is 2.75. The zero-order chi connectivity index (χ0) is 18.4. The van der Waals surface area contributed by atoms with Gasteiger partial charge in [-0.2, -0.15) is 0 Å². The van der Waals surface area contributed by atoms with Crippen molar-refractivity contribution in [2.75, 3.05) is 12.1 Å². The molecule has 0 atom stereocenters. The molecule has 3 heterocycles. The van der Waals surface area contributed by atoms with Crippen molar-refractivity contribution in [2.24, 2.45) is 7.05 Å². The Morgan fingerprint density at radius 2 is 1.93 bits per heavy atom. The van der Waals surface area contributed by atoms with Crippen LogP contribution >= 0.6 is 0 Å². The molecule has 4 aromatic rings. The molecule has 5 rings (SSSR count). The Morgan fingerprint density at radius 3 is 2.81 bits per heavy atom. The van der Waals surface area contributed by atoms with Crippen LogP contribution in [0.5, 0.6) is 11.5 Å². The van der Waals surface area contributed by atoms with Crippen LogP contribution in [0.15, 0.2) is 60.8 Å². The fourth-order valence-corrected chi connectivity index (χ4v) is 3.35. The lowest BCUT2D eigenvalue weighted by molar-refractivity contribution is 0.174. The van der Waals surface area contributed by atoms with Crippen molar-refractivity contribution in [1.82, 2.24) is 9.55 Å². The number of pyridine rings is 1. The maximum absolute atomic E-state index is 13.6. The van der Waals surface area contributed by atoms with Crippen LogP contribution in [0.3, 0.4) is 0 Å². The van der Waals surface area contributed by atoms with Crippen molar-refractivity contribution in [2.45, 2.75) is 0 Å². The highest BCUT2D eigenvalue weighted by molar-refractivity contribution is 5.88. The number of anilines is 2. The molecule has 6 heteroatoms. The van der Waals surface area contributed by atoms with Crippen LogP contribution in [0.25, 0.3) is 22.2 Å². The molecule has 1 N–H and O–H groups in total. The number of benzene rings is 2. The summed E-state index contributed by atoms with van der Waals surface area (Å²) >= 11 is 0. The second-order valence-electron chi connectivity index (χ2n) is 6.42. The highest BCUT2D eigenvalue weighted by Crippen LogP contribution is 2.35. The summed E-state index contributed by atoms with van der Waals surface area (Å²) in [6.07, 6.45) is 1.81. The Morgan fingerprint density at radius 1 is 1.04 bits per heavy atom. The van der Waals surface area contributed by atoms with Gasteiger partial charge >= 0.3 is 0 Å². The minimum atomic E-state index is -0.249. The summed E-state index contributed by atoms with van der Waals surface area (Å²) in [5, 5.41) is 4.28. The summed E-state index contributed by atoms with van der Waals surface area (Å²) in [6, 6.07) is 16.3. The molecule has 1 aliphatic heterocycles. The number of hydrogen-bond acceptors (Lipinski definition) is 4. The Balaban J connectivity index is 1.51. The van der Waals surface area contributed by atoms with Crippen molar-refractivity contribution in [1.29, 1.82) is 0 Å². The number of rotatable bonds is 3. The van der Waals surface area contributed by atoms with E-state index in [1.54, 1.807) is 6.07 Å². The molecule has 2 aromatic carbocycles. The molecule has 5 nitrogen and oxygen atoms in total. The lowest BCUT2D eigenvalue weighted by Crippen LogP contribution is -1.95. The van der Waals surface area contributed by atoms with E-state index in [0.29, 0.717) is 11.6 Å². The van der Waals surface area contributed by atoms with Gasteiger partial charge in [0.05, 0.1) is 5.52 Å². The smallest absolute Gasteiger partial charge is 0.231 e. The van der Waals surface area contributed by atoms with Gasteiger partial charge in [-0.25, -0.2) is 9.37 Å². The average molecular weight is 361 g/mol. The lowest BCUT2D eigenvalue weighted by Gasteiger charge is -2.08. The SMILES string of the molecule is Cn1c(-c2cccc(F)c2)cc2cnc(Nc3ccc4c(c3)OCO4)cc21. The third-order valence-electron chi connectivity index (χ3n) is 4.69. The van der Waals surface area contributed by atoms with Gasteiger partial charge in [-0.1, -0.05) is 12.1 Å². The molecule has 0 saturated carbocycles. The van der Waals surface area contributed by atoms with Crippen LogP contribution < -0.4 is 14.8 Å². The minimum absolute atomic E-state index is 0.245. The van der Waals surface area contributed by atoms with E-state index in [4.69, 9.17) is 9.47 Å². The van der Waals surface area contributed by atoms with Gasteiger partial charge in [0.15, 0.2) is 11.5 Å². The minimum Gasteiger partial charge on any atom is -0.454 e. The monoisotopic (exact) mass is 361 g/mol. The quantitative estimate of drug-likeness (QED) is 0.567. The number of nitrogens with one attached hydrogen (secondary N) is 1. The van der Waals surface area contributed by atoms with Crippen molar-refractivity contribution < 1.29 is 13.9 Å². The van der Waals surface area contributed by atoms with Crippen molar-refractivity contribution >= 4 is 22.4 Å². The molecule has 134 valence electrons. The first-order chi connectivity index (χ1) is 13.2. The molecule has 0 unspecified atom stereocenters. The number of aromatic nitrogens is 2. The highest BCUT2D eigenvalue weighted by atomic mass is 19.1. The predicted octanol–water partition coefficient (Wildman–Crippen LogP) is 4.85. The predicted molar refractivity (Wildman–Crippen MR) is 102 cm³/mol. The summed E-state index contributed by atoms with van der Waals surface area (Å²) in [7, 11) is 1.97. The second-order valence-corrected chi connectivity index (χ2v) is 6.42. The van der Waals surface area contributed by atoms with E-state index in [1.165, 1.54) is 12.1 Å². The Kier molecular flexibility index (Phi) is 3.50. The van der Waals surface area contributed by atoms with Gasteiger partial charge in [0.1, 0.15) is 11.6 Å². The lowest BCUT2D eigenvalue weighted by atomic mass is 10.1. The Bertz CT molecular complexity index is 1170. The van der Waals surface area contributed by atoms with Gasteiger partial charge in [-0.05, 0) is 30.3 Å². The number of aryl methyl sites for hydroxylation is 1. The molecule has 27 heavy (non-hydrogen) atoms. The van der Waals surface area contributed by atoms with Gasteiger partial charge in [0, 0.05) is 47.7 Å². The topological polar surface area (TPSA) is 48.3 Å². The molecular weight excluding hydrogens is 345 g/mol. The van der Waals surface area contributed by atoms with Crippen LogP contribution in [0.1, 0.15) is 0 Å². The van der Waals surface area contributed by atoms with Crippen LogP contribution in [0.2, 0.25) is 0 Å². The van der Waals surface area contributed by atoms with E-state index in [1.807, 2.05) is 54.2 Å². The molecule has 0 spiro atoms. The normalized spacial score (nSPS) is 12.5. The zero-order valence-electron chi connectivity index (χ0n) is 14.6. The fourth-order valence-electron chi connectivity index (χ4n) is 3.35. The highest BCUT2D eigenvalue weighted by Gasteiger charge is 2.14. The van der Waals surface area contributed by atoms with Crippen molar-refractivity contribution in [3.05, 3.63) is 66.6 Å². The second kappa shape index (κ2) is 6.02. The standard InChI is InChI=1S/C21H16FN3O2/c1-25-17(13-3-2-4-15(22)7-13)8-14-11-23-21(10-18(14)25)24-16-5-6-19-20(9-16)27-12-26-19/h2-11H,12H2,1H3,(H,23,24). The molecule has 0 amide bonds. The molecule has 0 aliphatic carbocycles. The zero-order valence-corrected chi connectivity index (χ0v) is 14.6. The summed E-state index contributed by atoms with van der Waals surface area (Å²) in [5.41, 5.74) is 3.64. The van der Waals surface area contributed by atoms with Gasteiger partial charge < -0.3 is 19.4 Å². The molecule has 0 fully saturated rings. The molecule has 1 aliphatic rings. The van der Waals surface area contributed by atoms with E-state index in [2.05, 4.69) is 10.3 Å². The van der Waals surface area contributed by atoms with Gasteiger partial charge in [-0.15, -0.1) is 0 Å². The maximum Gasteiger partial charge on any atom is 0.231 e. The first-order valence-corrected chi connectivity index (χ1v) is 8.55. The number of nitrogens with zero attached hydrogens (tertiary/aromatic N) is 2. The van der Waals surface area contributed by atoms with Gasteiger partial charge in [-0.3, -0.25) is 0 Å². The Hall–Kier alpha value is -3.54. The van der Waals surface area contributed by atoms with Crippen LogP contribution in [-0.4, -0.2) is 16.3 Å². The van der Waals surface area contributed by atoms with E-state index in [0.717, 1.165) is 33.6 Å². The summed E-state index contributed by atoms with van der Waals surface area (Å²) < 4.78 is 26.4. The average Bonchev–Trinajstić information content (AvgIpc) is 3.26. The molecular formula is C21H16FN3O2.